The molecule has 3 aliphatic rings. The van der Waals surface area contributed by atoms with Crippen molar-refractivity contribution in [3.05, 3.63) is 47.0 Å². The van der Waals surface area contributed by atoms with E-state index in [1.165, 1.54) is 6.07 Å². The van der Waals surface area contributed by atoms with E-state index < -0.39 is 38.1 Å². The Kier molecular flexibility index (Phi) is 5.69. The van der Waals surface area contributed by atoms with Gasteiger partial charge in [-0.05, 0) is 80.7 Å². The Morgan fingerprint density at radius 1 is 1.05 bits per heavy atom. The van der Waals surface area contributed by atoms with Gasteiger partial charge in [-0.25, -0.2) is 9.71 Å². The fourth-order valence-electron chi connectivity index (χ4n) is 6.10. The normalized spacial score (nSPS) is 29.2. The summed E-state index contributed by atoms with van der Waals surface area (Å²) in [6, 6.07) is 7.61. The van der Waals surface area contributed by atoms with Crippen molar-refractivity contribution in [2.75, 3.05) is 0 Å². The van der Waals surface area contributed by atoms with Gasteiger partial charge in [0.2, 0.25) is 16.9 Å². The van der Waals surface area contributed by atoms with E-state index in [0.29, 0.717) is 60.5 Å². The van der Waals surface area contributed by atoms with E-state index in [0.717, 1.165) is 18.9 Å². The summed E-state index contributed by atoms with van der Waals surface area (Å²) in [5, 5.41) is 2.86. The van der Waals surface area contributed by atoms with Crippen LogP contribution in [0, 0.1) is 11.3 Å². The molecule has 6 rings (SSSR count). The van der Waals surface area contributed by atoms with Gasteiger partial charge in [-0.3, -0.25) is 9.59 Å². The first kappa shape index (κ1) is 25.4. The third kappa shape index (κ3) is 4.39. The molecule has 0 unspecified atom stereocenters. The lowest BCUT2D eigenvalue weighted by molar-refractivity contribution is -0.125. The summed E-state index contributed by atoms with van der Waals surface area (Å²) in [4.78, 5) is 29.5. The first-order valence-corrected chi connectivity index (χ1v) is 14.4. The highest BCUT2D eigenvalue weighted by Gasteiger charge is 2.61. The number of sulfonamides is 1. The highest BCUT2D eigenvalue weighted by molar-refractivity contribution is 7.89. The van der Waals surface area contributed by atoms with Crippen molar-refractivity contribution in [1.82, 2.24) is 15.0 Å². The molecule has 2 amide bonds. The Morgan fingerprint density at radius 3 is 2.53 bits per heavy atom. The van der Waals surface area contributed by atoms with Crippen molar-refractivity contribution in [3.8, 4) is 0 Å². The van der Waals surface area contributed by atoms with Crippen molar-refractivity contribution in [1.29, 1.82) is 0 Å². The summed E-state index contributed by atoms with van der Waals surface area (Å²) in [6.07, 6.45) is 5.15. The molecule has 202 valence electrons. The number of amides is 2. The second kappa shape index (κ2) is 8.54. The quantitative estimate of drug-likeness (QED) is 0.328. The fourth-order valence-corrected chi connectivity index (χ4v) is 7.25. The molecule has 0 aliphatic heterocycles. The largest absolute Gasteiger partial charge is 0.439 e. The summed E-state index contributed by atoms with van der Waals surface area (Å²) in [5.74, 6) is -1.26. The maximum Gasteiger partial charge on any atom is 0.297 e. The number of carbonyl (C=O) groups excluding carboxylic acids is 2. The van der Waals surface area contributed by atoms with Crippen LogP contribution >= 0.6 is 11.6 Å². The first-order chi connectivity index (χ1) is 17.9. The number of halogens is 1. The van der Waals surface area contributed by atoms with Gasteiger partial charge in [0.25, 0.3) is 15.9 Å². The predicted octanol–water partition coefficient (Wildman–Crippen LogP) is 2.88. The lowest BCUT2D eigenvalue weighted by Gasteiger charge is -2.51. The number of furan rings is 1. The minimum absolute atomic E-state index is 0.182. The number of carbonyl (C=O) groups is 2. The van der Waals surface area contributed by atoms with Crippen molar-refractivity contribution >= 4 is 44.5 Å². The third-order valence-electron chi connectivity index (χ3n) is 8.09. The van der Waals surface area contributed by atoms with Gasteiger partial charge in [-0.15, -0.1) is 0 Å². The summed E-state index contributed by atoms with van der Waals surface area (Å²) >= 11 is 6.05. The lowest BCUT2D eigenvalue weighted by Crippen LogP contribution is -2.59. The van der Waals surface area contributed by atoms with Gasteiger partial charge in [-0.1, -0.05) is 18.0 Å². The van der Waals surface area contributed by atoms with Crippen molar-refractivity contribution in [2.24, 2.45) is 22.8 Å². The van der Waals surface area contributed by atoms with Crippen LogP contribution in [-0.4, -0.2) is 30.9 Å². The van der Waals surface area contributed by atoms with Crippen LogP contribution < -0.4 is 21.5 Å². The second-order valence-corrected chi connectivity index (χ2v) is 13.2. The maximum absolute atomic E-state index is 12.9. The molecule has 3 aromatic rings. The van der Waals surface area contributed by atoms with E-state index in [-0.39, 0.29) is 17.1 Å². The van der Waals surface area contributed by atoms with Gasteiger partial charge in [0.15, 0.2) is 11.3 Å². The van der Waals surface area contributed by atoms with E-state index in [4.69, 9.17) is 31.9 Å². The zero-order valence-corrected chi connectivity index (χ0v) is 22.0. The number of rotatable bonds is 6. The minimum atomic E-state index is -4.21. The molecule has 1 aromatic carbocycles. The van der Waals surface area contributed by atoms with Gasteiger partial charge < -0.3 is 25.6 Å². The molecule has 1 atom stereocenters. The molecular weight excluding hydrogens is 534 g/mol. The number of oxazole rings is 1. The predicted molar refractivity (Wildman–Crippen MR) is 136 cm³/mol. The number of nitrogens with two attached hydrogens (primary N) is 2. The van der Waals surface area contributed by atoms with Gasteiger partial charge in [0.1, 0.15) is 5.52 Å². The Bertz CT molecular complexity index is 1550. The van der Waals surface area contributed by atoms with Gasteiger partial charge in [0, 0.05) is 10.9 Å². The number of nitrogens with one attached hydrogen (secondary N) is 2. The molecule has 6 N–H and O–H groups in total. The smallest absolute Gasteiger partial charge is 0.297 e. The topological polar surface area (TPSA) is 184 Å². The summed E-state index contributed by atoms with van der Waals surface area (Å²) in [7, 11) is -4.21. The van der Waals surface area contributed by atoms with Crippen molar-refractivity contribution in [2.45, 2.75) is 67.7 Å². The van der Waals surface area contributed by atoms with Crippen LogP contribution in [0.3, 0.4) is 0 Å². The van der Waals surface area contributed by atoms with Crippen LogP contribution in [0.5, 0.6) is 0 Å². The molecular formula is C25H28ClN5O6S. The second-order valence-electron chi connectivity index (χ2n) is 11.1. The van der Waals surface area contributed by atoms with Gasteiger partial charge in [0.05, 0.1) is 11.2 Å². The van der Waals surface area contributed by atoms with E-state index in [2.05, 4.69) is 10.3 Å². The molecule has 0 radical (unpaired) electrons. The summed E-state index contributed by atoms with van der Waals surface area (Å²) in [6.45, 7) is 0. The monoisotopic (exact) mass is 561 g/mol. The number of fused-ring (bicyclic) bond motifs is 1. The zero-order chi connectivity index (χ0) is 26.9. The van der Waals surface area contributed by atoms with Crippen LogP contribution in [0.4, 0.5) is 0 Å². The first-order valence-electron chi connectivity index (χ1n) is 12.5. The maximum atomic E-state index is 12.9. The average molecular weight is 562 g/mol. The van der Waals surface area contributed by atoms with Gasteiger partial charge in [-0.2, -0.15) is 8.42 Å². The number of nitrogens with zero attached hydrogens (tertiary/aromatic N) is 1. The van der Waals surface area contributed by atoms with Gasteiger partial charge >= 0.3 is 0 Å². The summed E-state index contributed by atoms with van der Waals surface area (Å²) in [5.41, 5.74) is 12.5. The average Bonchev–Trinajstić information content (AvgIpc) is 3.49. The molecule has 2 heterocycles. The highest BCUT2D eigenvalue weighted by Crippen LogP contribution is 2.62. The van der Waals surface area contributed by atoms with Crippen LogP contribution in [0.1, 0.15) is 67.8 Å². The molecule has 3 saturated carbocycles. The molecule has 3 fully saturated rings. The molecule has 11 nitrogen and oxygen atoms in total. The number of hydrogen-bond donors (Lipinski definition) is 4. The molecule has 2 aromatic heterocycles. The highest BCUT2D eigenvalue weighted by atomic mass is 35.5. The third-order valence-corrected chi connectivity index (χ3v) is 9.55. The van der Waals surface area contributed by atoms with E-state index in [9.17, 15) is 18.0 Å². The molecule has 3 aliphatic carbocycles. The summed E-state index contributed by atoms with van der Waals surface area (Å²) < 4.78 is 38.2. The number of aromatic nitrogens is 1. The molecule has 38 heavy (non-hydrogen) atoms. The van der Waals surface area contributed by atoms with Crippen LogP contribution in [0.2, 0.25) is 5.02 Å². The molecule has 1 spiro atoms. The lowest BCUT2D eigenvalue weighted by atomic mass is 9.56. The van der Waals surface area contributed by atoms with E-state index in [1.54, 1.807) is 18.2 Å². The van der Waals surface area contributed by atoms with Crippen molar-refractivity contribution < 1.29 is 26.8 Å². The van der Waals surface area contributed by atoms with Crippen LogP contribution in [0.15, 0.2) is 44.3 Å². The molecule has 0 saturated heterocycles. The van der Waals surface area contributed by atoms with E-state index in [1.807, 2.05) is 4.72 Å². The molecule has 13 heteroatoms. The Morgan fingerprint density at radius 2 is 1.82 bits per heavy atom. The van der Waals surface area contributed by atoms with Crippen LogP contribution in [-0.2, 0) is 20.4 Å². The Labute approximate surface area is 223 Å². The number of hydrogen-bond acceptors (Lipinski definition) is 9. The number of benzene rings is 1. The minimum Gasteiger partial charge on any atom is -0.439 e. The molecule has 0 bridgehead atoms. The standard InChI is InChI=1S/C25H28ClN5O6S/c26-15-4-5-17-16(10-15)29-22(37-17)24(27)11-23(12-24)8-9-25(28,13-23)30-21(33)18-6-7-19(36-18)38(34,35)31-20(32)14-2-1-3-14/h4-7,10,14H,1-3,8-9,11-13,27-28H2,(H,30,33)(H,31,32)/t23?,24?,25-/m0/s1. The van der Waals surface area contributed by atoms with Crippen molar-refractivity contribution in [3.63, 3.8) is 0 Å². The Hall–Kier alpha value is -2.93. The fraction of sp³-hybridized carbons (Fsp3) is 0.480. The Balaban J connectivity index is 1.09. The zero-order valence-electron chi connectivity index (χ0n) is 20.5. The SMILES string of the molecule is NC1(c2nc3cc(Cl)ccc3o2)CC2(CC[C@](N)(NC(=O)c3ccc(S(=O)(=O)NC(=O)C4CCC4)o3)C2)C1. The van der Waals surface area contributed by atoms with Crippen LogP contribution in [0.25, 0.3) is 11.1 Å². The van der Waals surface area contributed by atoms with E-state index >= 15 is 0 Å².